The van der Waals surface area contributed by atoms with Gasteiger partial charge in [0.25, 0.3) is 0 Å². The van der Waals surface area contributed by atoms with Crippen LogP contribution < -0.4 is 0 Å². The molecular weight excluding hydrogens is 220 g/mol. The molecule has 0 radical (unpaired) electrons. The van der Waals surface area contributed by atoms with Gasteiger partial charge in [-0.1, -0.05) is 13.3 Å². The Balaban J connectivity index is 2.34. The van der Waals surface area contributed by atoms with Crippen molar-refractivity contribution < 1.29 is 19.4 Å². The van der Waals surface area contributed by atoms with E-state index in [-0.39, 0.29) is 30.2 Å². The smallest absolute Gasteiger partial charge is 0.311 e. The van der Waals surface area contributed by atoms with E-state index in [4.69, 9.17) is 9.47 Å². The SMILES string of the molecule is CCC[C@@H](O)C[C@@H]1CC[C@H]([C@H](C)C(=O)OC)O1. The molecule has 1 aliphatic heterocycles. The van der Waals surface area contributed by atoms with Gasteiger partial charge in [-0.05, 0) is 32.6 Å². The minimum atomic E-state index is -0.280. The summed E-state index contributed by atoms with van der Waals surface area (Å²) in [7, 11) is 1.40. The highest BCUT2D eigenvalue weighted by molar-refractivity contribution is 5.72. The highest BCUT2D eigenvalue weighted by Crippen LogP contribution is 2.29. The second kappa shape index (κ2) is 6.97. The second-order valence-electron chi connectivity index (χ2n) is 4.86. The zero-order chi connectivity index (χ0) is 12.8. The van der Waals surface area contributed by atoms with E-state index in [9.17, 15) is 9.90 Å². The lowest BCUT2D eigenvalue weighted by molar-refractivity contribution is -0.150. The molecule has 0 unspecified atom stereocenters. The van der Waals surface area contributed by atoms with E-state index < -0.39 is 0 Å². The van der Waals surface area contributed by atoms with E-state index in [1.54, 1.807) is 0 Å². The summed E-state index contributed by atoms with van der Waals surface area (Å²) in [6.07, 6.45) is 4.03. The lowest BCUT2D eigenvalue weighted by Crippen LogP contribution is -2.28. The van der Waals surface area contributed by atoms with Crippen molar-refractivity contribution in [3.8, 4) is 0 Å². The summed E-state index contributed by atoms with van der Waals surface area (Å²) in [5.74, 6) is -0.432. The number of carbonyl (C=O) groups excluding carboxylic acids is 1. The van der Waals surface area contributed by atoms with Crippen molar-refractivity contribution in [2.45, 2.75) is 64.3 Å². The molecule has 1 heterocycles. The number of esters is 1. The predicted octanol–water partition coefficient (Wildman–Crippen LogP) is 1.89. The quantitative estimate of drug-likeness (QED) is 0.725. The predicted molar refractivity (Wildman–Crippen MR) is 64.6 cm³/mol. The molecule has 4 heteroatoms. The molecule has 4 atom stereocenters. The van der Waals surface area contributed by atoms with Crippen LogP contribution >= 0.6 is 0 Å². The molecule has 1 saturated heterocycles. The van der Waals surface area contributed by atoms with Gasteiger partial charge in [-0.15, -0.1) is 0 Å². The molecule has 0 aromatic carbocycles. The fourth-order valence-corrected chi connectivity index (χ4v) is 2.37. The summed E-state index contributed by atoms with van der Waals surface area (Å²) in [6, 6.07) is 0. The standard InChI is InChI=1S/C13H24O4/c1-4-5-10(14)8-11-6-7-12(17-11)9(2)13(15)16-3/h9-12,14H,4-8H2,1-3H3/t9-,10+,11-,12+/m0/s1. The van der Waals surface area contributed by atoms with Gasteiger partial charge >= 0.3 is 5.97 Å². The Kier molecular flexibility index (Phi) is 5.92. The van der Waals surface area contributed by atoms with E-state index in [0.29, 0.717) is 6.42 Å². The van der Waals surface area contributed by atoms with E-state index in [1.807, 2.05) is 6.92 Å². The minimum absolute atomic E-state index is 0.0544. The molecule has 1 aliphatic rings. The highest BCUT2D eigenvalue weighted by atomic mass is 16.5. The molecule has 1 N–H and O–H groups in total. The lowest BCUT2D eigenvalue weighted by atomic mass is 10.0. The maximum Gasteiger partial charge on any atom is 0.311 e. The van der Waals surface area contributed by atoms with E-state index >= 15 is 0 Å². The van der Waals surface area contributed by atoms with Gasteiger partial charge in [-0.2, -0.15) is 0 Å². The number of aliphatic hydroxyl groups is 1. The number of carbonyl (C=O) groups is 1. The number of hydrogen-bond donors (Lipinski definition) is 1. The van der Waals surface area contributed by atoms with Crippen molar-refractivity contribution in [2.24, 2.45) is 5.92 Å². The number of hydrogen-bond acceptors (Lipinski definition) is 4. The van der Waals surface area contributed by atoms with Crippen LogP contribution in [-0.4, -0.2) is 36.5 Å². The molecule has 0 amide bonds. The number of aliphatic hydroxyl groups excluding tert-OH is 1. The Morgan fingerprint density at radius 1 is 1.53 bits per heavy atom. The summed E-state index contributed by atoms with van der Waals surface area (Å²) >= 11 is 0. The summed E-state index contributed by atoms with van der Waals surface area (Å²) in [4.78, 5) is 11.4. The van der Waals surface area contributed by atoms with Crippen LogP contribution in [0.15, 0.2) is 0 Å². The van der Waals surface area contributed by atoms with Crippen molar-refractivity contribution in [1.82, 2.24) is 0 Å². The zero-order valence-electron chi connectivity index (χ0n) is 11.0. The third-order valence-electron chi connectivity index (χ3n) is 3.43. The molecular formula is C13H24O4. The summed E-state index contributed by atoms with van der Waals surface area (Å²) in [5.41, 5.74) is 0. The first-order valence-corrected chi connectivity index (χ1v) is 6.49. The second-order valence-corrected chi connectivity index (χ2v) is 4.86. The van der Waals surface area contributed by atoms with Gasteiger partial charge < -0.3 is 14.6 Å². The first-order valence-electron chi connectivity index (χ1n) is 6.49. The molecule has 100 valence electrons. The maximum absolute atomic E-state index is 11.4. The third kappa shape index (κ3) is 4.28. The Hall–Kier alpha value is -0.610. The lowest BCUT2D eigenvalue weighted by Gasteiger charge is -2.19. The van der Waals surface area contributed by atoms with Crippen LogP contribution in [0.4, 0.5) is 0 Å². The number of methoxy groups -OCH3 is 1. The zero-order valence-corrected chi connectivity index (χ0v) is 11.0. The van der Waals surface area contributed by atoms with E-state index in [2.05, 4.69) is 6.92 Å². The molecule has 17 heavy (non-hydrogen) atoms. The Morgan fingerprint density at radius 2 is 2.24 bits per heavy atom. The molecule has 1 fully saturated rings. The van der Waals surface area contributed by atoms with Gasteiger partial charge in [-0.3, -0.25) is 4.79 Å². The van der Waals surface area contributed by atoms with Crippen molar-refractivity contribution in [1.29, 1.82) is 0 Å². The van der Waals surface area contributed by atoms with Gasteiger partial charge in [0.1, 0.15) is 0 Å². The molecule has 0 spiro atoms. The van der Waals surface area contributed by atoms with Crippen LogP contribution in [0, 0.1) is 5.92 Å². The van der Waals surface area contributed by atoms with E-state index in [0.717, 1.165) is 25.7 Å². The van der Waals surface area contributed by atoms with Gasteiger partial charge in [0.2, 0.25) is 0 Å². The van der Waals surface area contributed by atoms with Crippen molar-refractivity contribution in [3.05, 3.63) is 0 Å². The fraction of sp³-hybridized carbons (Fsp3) is 0.923. The molecule has 0 aliphatic carbocycles. The van der Waals surface area contributed by atoms with Crippen LogP contribution in [0.3, 0.4) is 0 Å². The molecule has 0 saturated carbocycles. The largest absolute Gasteiger partial charge is 0.469 e. The summed E-state index contributed by atoms with van der Waals surface area (Å²) in [5, 5.41) is 9.72. The van der Waals surface area contributed by atoms with Gasteiger partial charge in [0.15, 0.2) is 0 Å². The normalized spacial score (nSPS) is 27.8. The molecule has 0 aromatic heterocycles. The summed E-state index contributed by atoms with van der Waals surface area (Å²) in [6.45, 7) is 3.89. The maximum atomic E-state index is 11.4. The Bertz CT molecular complexity index is 242. The van der Waals surface area contributed by atoms with E-state index in [1.165, 1.54) is 7.11 Å². The van der Waals surface area contributed by atoms with Gasteiger partial charge in [0.05, 0.1) is 31.3 Å². The van der Waals surface area contributed by atoms with Crippen LogP contribution in [0.1, 0.15) is 46.0 Å². The van der Waals surface area contributed by atoms with Crippen LogP contribution in [0.5, 0.6) is 0 Å². The highest BCUT2D eigenvalue weighted by Gasteiger charge is 2.34. The monoisotopic (exact) mass is 244 g/mol. The van der Waals surface area contributed by atoms with Crippen LogP contribution in [-0.2, 0) is 14.3 Å². The topological polar surface area (TPSA) is 55.8 Å². The number of rotatable bonds is 6. The molecule has 0 aromatic rings. The molecule has 1 rings (SSSR count). The molecule has 4 nitrogen and oxygen atoms in total. The first-order chi connectivity index (χ1) is 8.08. The average Bonchev–Trinajstić information content (AvgIpc) is 2.75. The number of ether oxygens (including phenoxy) is 2. The van der Waals surface area contributed by atoms with Crippen molar-refractivity contribution >= 4 is 5.97 Å². The van der Waals surface area contributed by atoms with Gasteiger partial charge in [-0.25, -0.2) is 0 Å². The van der Waals surface area contributed by atoms with Crippen molar-refractivity contribution in [3.63, 3.8) is 0 Å². The Labute approximate surface area is 103 Å². The Morgan fingerprint density at radius 3 is 2.82 bits per heavy atom. The molecule has 0 bridgehead atoms. The van der Waals surface area contributed by atoms with Crippen molar-refractivity contribution in [2.75, 3.05) is 7.11 Å². The summed E-state index contributed by atoms with van der Waals surface area (Å²) < 4.78 is 10.5. The average molecular weight is 244 g/mol. The van der Waals surface area contributed by atoms with Gasteiger partial charge in [0, 0.05) is 0 Å². The first kappa shape index (κ1) is 14.5. The van der Waals surface area contributed by atoms with Crippen LogP contribution in [0.25, 0.3) is 0 Å². The minimum Gasteiger partial charge on any atom is -0.469 e. The fourth-order valence-electron chi connectivity index (χ4n) is 2.37. The van der Waals surface area contributed by atoms with Crippen LogP contribution in [0.2, 0.25) is 0 Å². The third-order valence-corrected chi connectivity index (χ3v) is 3.43.